The molecule has 0 bridgehead atoms. The van der Waals surface area contributed by atoms with Crippen molar-refractivity contribution in [3.05, 3.63) is 0 Å². The zero-order valence-electron chi connectivity index (χ0n) is 6.30. The average Bonchev–Trinajstić information content (AvgIpc) is 2.01. The number of methoxy groups -OCH3 is 1. The summed E-state index contributed by atoms with van der Waals surface area (Å²) in [4.78, 5) is 0. The Bertz CT molecular complexity index is 130. The van der Waals surface area contributed by atoms with E-state index >= 15 is 0 Å². The van der Waals surface area contributed by atoms with Crippen LogP contribution >= 0.6 is 0 Å². The highest BCUT2D eigenvalue weighted by Crippen LogP contribution is 2.13. The van der Waals surface area contributed by atoms with Gasteiger partial charge in [0, 0.05) is 7.11 Å². The van der Waals surface area contributed by atoms with Crippen LogP contribution in [0.5, 0.6) is 0 Å². The van der Waals surface area contributed by atoms with Crippen LogP contribution in [0, 0.1) is 0 Å². The van der Waals surface area contributed by atoms with Gasteiger partial charge in [-0.2, -0.15) is 0 Å². The Morgan fingerprint density at radius 3 is 2.73 bits per heavy atom. The minimum atomic E-state index is -0.964. The van der Waals surface area contributed by atoms with Crippen LogP contribution in [0.3, 0.4) is 0 Å². The molecule has 5 nitrogen and oxygen atoms in total. The van der Waals surface area contributed by atoms with Crippen molar-refractivity contribution in [3.63, 3.8) is 0 Å². The lowest BCUT2D eigenvalue weighted by Gasteiger charge is -2.34. The van der Waals surface area contributed by atoms with Crippen LogP contribution in [0.2, 0.25) is 0 Å². The topological polar surface area (TPSA) is 84.9 Å². The van der Waals surface area contributed by atoms with Gasteiger partial charge in [0.15, 0.2) is 6.29 Å². The molecule has 1 aliphatic heterocycles. The fourth-order valence-electron chi connectivity index (χ4n) is 1.05. The molecular formula is C6H13NO4. The van der Waals surface area contributed by atoms with Crippen molar-refractivity contribution in [1.82, 2.24) is 0 Å². The van der Waals surface area contributed by atoms with Crippen molar-refractivity contribution in [2.24, 2.45) is 5.73 Å². The Morgan fingerprint density at radius 2 is 2.18 bits per heavy atom. The first-order valence-corrected chi connectivity index (χ1v) is 3.43. The van der Waals surface area contributed by atoms with Crippen LogP contribution in [-0.2, 0) is 9.47 Å². The number of hydrogen-bond acceptors (Lipinski definition) is 5. The molecule has 0 aromatic heterocycles. The van der Waals surface area contributed by atoms with E-state index in [2.05, 4.69) is 0 Å². The standard InChI is InChI=1S/C6H13NO4/c1-10-6-4(7)5(9)3(8)2-11-6/h3-6,8-9H,2,7H2,1H3. The minimum absolute atomic E-state index is 0.0629. The fourth-order valence-corrected chi connectivity index (χ4v) is 1.05. The second-order valence-corrected chi connectivity index (χ2v) is 2.57. The lowest BCUT2D eigenvalue weighted by Crippen LogP contribution is -2.57. The van der Waals surface area contributed by atoms with E-state index in [9.17, 15) is 5.11 Å². The summed E-state index contributed by atoms with van der Waals surface area (Å²) in [5.74, 6) is 0. The number of rotatable bonds is 1. The molecule has 1 heterocycles. The van der Waals surface area contributed by atoms with Gasteiger partial charge in [-0.3, -0.25) is 0 Å². The molecule has 0 spiro atoms. The highest BCUT2D eigenvalue weighted by molar-refractivity contribution is 4.85. The Hall–Kier alpha value is -0.200. The van der Waals surface area contributed by atoms with E-state index in [-0.39, 0.29) is 6.61 Å². The molecular weight excluding hydrogens is 150 g/mol. The second-order valence-electron chi connectivity index (χ2n) is 2.57. The third kappa shape index (κ3) is 1.69. The van der Waals surface area contributed by atoms with E-state index in [0.29, 0.717) is 0 Å². The Balaban J connectivity index is 2.52. The van der Waals surface area contributed by atoms with Crippen molar-refractivity contribution in [1.29, 1.82) is 0 Å². The zero-order chi connectivity index (χ0) is 8.43. The van der Waals surface area contributed by atoms with Gasteiger partial charge in [0.1, 0.15) is 12.2 Å². The van der Waals surface area contributed by atoms with Crippen LogP contribution in [-0.4, -0.2) is 48.5 Å². The molecule has 0 aromatic carbocycles. The molecule has 66 valence electrons. The van der Waals surface area contributed by atoms with Gasteiger partial charge >= 0.3 is 0 Å². The van der Waals surface area contributed by atoms with Gasteiger partial charge in [0.25, 0.3) is 0 Å². The molecule has 11 heavy (non-hydrogen) atoms. The van der Waals surface area contributed by atoms with Gasteiger partial charge in [-0.15, -0.1) is 0 Å². The predicted octanol–water partition coefficient (Wildman–Crippen LogP) is -1.96. The largest absolute Gasteiger partial charge is 0.389 e. The van der Waals surface area contributed by atoms with Gasteiger partial charge in [-0.25, -0.2) is 0 Å². The maximum absolute atomic E-state index is 9.21. The lowest BCUT2D eigenvalue weighted by molar-refractivity contribution is -0.217. The van der Waals surface area contributed by atoms with Crippen molar-refractivity contribution in [3.8, 4) is 0 Å². The molecule has 0 aromatic rings. The van der Waals surface area contributed by atoms with Crippen LogP contribution in [0.4, 0.5) is 0 Å². The molecule has 1 rings (SSSR count). The molecule has 4 atom stereocenters. The highest BCUT2D eigenvalue weighted by Gasteiger charge is 2.36. The summed E-state index contributed by atoms with van der Waals surface area (Å²) in [6, 6.07) is -0.677. The summed E-state index contributed by atoms with van der Waals surface area (Å²) < 4.78 is 9.77. The summed E-state index contributed by atoms with van der Waals surface area (Å²) in [5.41, 5.74) is 5.46. The molecule has 0 saturated carbocycles. The monoisotopic (exact) mass is 163 g/mol. The Labute approximate surface area is 64.7 Å². The van der Waals surface area contributed by atoms with Gasteiger partial charge in [0.2, 0.25) is 0 Å². The van der Waals surface area contributed by atoms with E-state index < -0.39 is 24.5 Å². The molecule has 5 heteroatoms. The summed E-state index contributed by atoms with van der Waals surface area (Å²) in [6.45, 7) is 0.0629. The number of hydrogen-bond donors (Lipinski definition) is 3. The Morgan fingerprint density at radius 1 is 1.55 bits per heavy atom. The molecule has 1 saturated heterocycles. The molecule has 4 N–H and O–H groups in total. The van der Waals surface area contributed by atoms with Gasteiger partial charge < -0.3 is 25.4 Å². The highest BCUT2D eigenvalue weighted by atomic mass is 16.7. The van der Waals surface area contributed by atoms with Crippen molar-refractivity contribution < 1.29 is 19.7 Å². The van der Waals surface area contributed by atoms with Crippen LogP contribution < -0.4 is 5.73 Å². The zero-order valence-corrected chi connectivity index (χ0v) is 6.30. The van der Waals surface area contributed by atoms with Crippen LogP contribution in [0.15, 0.2) is 0 Å². The van der Waals surface area contributed by atoms with Gasteiger partial charge in [0.05, 0.1) is 12.6 Å². The smallest absolute Gasteiger partial charge is 0.174 e. The Kier molecular flexibility index (Phi) is 2.80. The molecule has 0 radical (unpaired) electrons. The van der Waals surface area contributed by atoms with E-state index in [4.69, 9.17) is 20.3 Å². The normalized spacial score (nSPS) is 45.8. The summed E-state index contributed by atoms with van der Waals surface area (Å²) >= 11 is 0. The first-order valence-electron chi connectivity index (χ1n) is 3.43. The van der Waals surface area contributed by atoms with E-state index in [1.807, 2.05) is 0 Å². The van der Waals surface area contributed by atoms with Crippen molar-refractivity contribution in [2.45, 2.75) is 24.5 Å². The van der Waals surface area contributed by atoms with E-state index in [0.717, 1.165) is 0 Å². The van der Waals surface area contributed by atoms with Crippen molar-refractivity contribution >= 4 is 0 Å². The van der Waals surface area contributed by atoms with Crippen LogP contribution in [0.25, 0.3) is 0 Å². The first-order chi connectivity index (χ1) is 5.16. The number of ether oxygens (including phenoxy) is 2. The lowest BCUT2D eigenvalue weighted by atomic mass is 10.0. The second kappa shape index (κ2) is 3.46. The van der Waals surface area contributed by atoms with Crippen molar-refractivity contribution in [2.75, 3.05) is 13.7 Å². The SMILES string of the molecule is COC1OCC(O)C(O)C1N. The fraction of sp³-hybridized carbons (Fsp3) is 1.00. The molecule has 4 unspecified atom stereocenters. The number of aliphatic hydroxyl groups is 2. The third-order valence-corrected chi connectivity index (χ3v) is 1.77. The predicted molar refractivity (Wildman–Crippen MR) is 36.7 cm³/mol. The number of nitrogens with two attached hydrogens (primary N) is 1. The molecule has 1 aliphatic rings. The molecule has 0 amide bonds. The van der Waals surface area contributed by atoms with Crippen LogP contribution in [0.1, 0.15) is 0 Å². The van der Waals surface area contributed by atoms with Gasteiger partial charge in [-0.05, 0) is 0 Å². The third-order valence-electron chi connectivity index (χ3n) is 1.77. The maximum Gasteiger partial charge on any atom is 0.174 e. The average molecular weight is 163 g/mol. The molecule has 1 fully saturated rings. The summed E-state index contributed by atoms with van der Waals surface area (Å²) in [7, 11) is 1.44. The summed E-state index contributed by atoms with van der Waals surface area (Å²) in [5, 5.41) is 18.3. The quantitative estimate of drug-likeness (QED) is 0.418. The van der Waals surface area contributed by atoms with E-state index in [1.54, 1.807) is 0 Å². The van der Waals surface area contributed by atoms with E-state index in [1.165, 1.54) is 7.11 Å². The maximum atomic E-state index is 9.21. The first kappa shape index (κ1) is 8.89. The van der Waals surface area contributed by atoms with Gasteiger partial charge in [-0.1, -0.05) is 0 Å². The number of aliphatic hydroxyl groups excluding tert-OH is 2. The minimum Gasteiger partial charge on any atom is -0.389 e. The molecule has 0 aliphatic carbocycles. The summed E-state index contributed by atoms with van der Waals surface area (Å²) in [6.07, 6.45) is -2.49.